The topological polar surface area (TPSA) is 79.4 Å². The third-order valence-corrected chi connectivity index (χ3v) is 4.35. The molecule has 1 fully saturated rings. The van der Waals surface area contributed by atoms with Crippen LogP contribution in [0.15, 0.2) is 36.4 Å². The van der Waals surface area contributed by atoms with Gasteiger partial charge in [0.2, 0.25) is 11.9 Å². The van der Waals surface area contributed by atoms with Crippen LogP contribution in [-0.2, 0) is 16.1 Å². The third kappa shape index (κ3) is 6.21. The van der Waals surface area contributed by atoms with Gasteiger partial charge in [-0.1, -0.05) is 30.3 Å². The zero-order valence-corrected chi connectivity index (χ0v) is 15.8. The van der Waals surface area contributed by atoms with E-state index in [1.807, 2.05) is 43.3 Å². The maximum Gasteiger partial charge on any atom is 0.246 e. The van der Waals surface area contributed by atoms with Crippen LogP contribution in [-0.4, -0.2) is 48.7 Å². The Labute approximate surface area is 160 Å². The molecule has 0 aliphatic carbocycles. The highest BCUT2D eigenvalue weighted by Crippen LogP contribution is 2.19. The first-order valence-corrected chi connectivity index (χ1v) is 9.43. The van der Waals surface area contributed by atoms with Crippen molar-refractivity contribution in [3.05, 3.63) is 47.7 Å². The van der Waals surface area contributed by atoms with Gasteiger partial charge >= 0.3 is 0 Å². The fourth-order valence-electron chi connectivity index (χ4n) is 3.00. The first-order chi connectivity index (χ1) is 13.2. The molecule has 1 saturated heterocycles. The number of carbonyl (C=O) groups excluding carboxylic acids is 1. The summed E-state index contributed by atoms with van der Waals surface area (Å²) in [6.07, 6.45) is 2.42. The molecule has 7 heteroatoms. The molecule has 2 N–H and O–H groups in total. The van der Waals surface area contributed by atoms with Crippen molar-refractivity contribution >= 4 is 17.7 Å². The number of nitrogens with one attached hydrogen (secondary N) is 2. The van der Waals surface area contributed by atoms with Crippen LogP contribution >= 0.6 is 0 Å². The molecule has 1 aliphatic heterocycles. The summed E-state index contributed by atoms with van der Waals surface area (Å²) in [7, 11) is 0. The molecule has 1 amide bonds. The number of rotatable bonds is 9. The van der Waals surface area contributed by atoms with Crippen molar-refractivity contribution in [1.82, 2.24) is 15.3 Å². The quantitative estimate of drug-likeness (QED) is 0.659. The van der Waals surface area contributed by atoms with Crippen LogP contribution < -0.4 is 15.5 Å². The smallest absolute Gasteiger partial charge is 0.246 e. The summed E-state index contributed by atoms with van der Waals surface area (Å²) in [6, 6.07) is 11.8. The Morgan fingerprint density at radius 3 is 2.70 bits per heavy atom. The van der Waals surface area contributed by atoms with Crippen LogP contribution in [0.1, 0.15) is 24.1 Å². The van der Waals surface area contributed by atoms with Crippen molar-refractivity contribution in [2.75, 3.05) is 43.0 Å². The molecule has 0 saturated carbocycles. The Bertz CT molecular complexity index is 732. The number of ether oxygens (including phenoxy) is 1. The number of hydrogen-bond acceptors (Lipinski definition) is 6. The highest BCUT2D eigenvalue weighted by Gasteiger charge is 2.15. The lowest BCUT2D eigenvalue weighted by molar-refractivity contribution is -0.126. The SMILES string of the molecule is Cc1cc(N2CCCC2)nc(NCCNC(=O)COCc2ccccc2)n1. The summed E-state index contributed by atoms with van der Waals surface area (Å²) in [5.74, 6) is 1.45. The lowest BCUT2D eigenvalue weighted by Gasteiger charge is -2.17. The van der Waals surface area contributed by atoms with Crippen LogP contribution in [0.2, 0.25) is 0 Å². The van der Waals surface area contributed by atoms with Gasteiger partial charge in [-0.05, 0) is 25.3 Å². The van der Waals surface area contributed by atoms with E-state index in [9.17, 15) is 4.79 Å². The van der Waals surface area contributed by atoms with E-state index in [0.29, 0.717) is 25.6 Å². The molecule has 1 aromatic heterocycles. The van der Waals surface area contributed by atoms with E-state index in [4.69, 9.17) is 4.74 Å². The lowest BCUT2D eigenvalue weighted by Crippen LogP contribution is -2.32. The maximum absolute atomic E-state index is 11.8. The average molecular weight is 369 g/mol. The molecule has 0 radical (unpaired) electrons. The number of carbonyl (C=O) groups is 1. The number of benzene rings is 1. The second-order valence-electron chi connectivity index (χ2n) is 6.64. The second-order valence-corrected chi connectivity index (χ2v) is 6.64. The van der Waals surface area contributed by atoms with Gasteiger partial charge in [-0.15, -0.1) is 0 Å². The fraction of sp³-hybridized carbons (Fsp3) is 0.450. The standard InChI is InChI=1S/C20H27N5O2/c1-16-13-18(25-11-5-6-12-25)24-20(23-16)22-10-9-21-19(26)15-27-14-17-7-3-2-4-8-17/h2-4,7-8,13H,5-6,9-12,14-15H2,1H3,(H,21,26)(H,22,23,24). The molecular formula is C20H27N5O2. The Hall–Kier alpha value is -2.67. The van der Waals surface area contributed by atoms with E-state index in [0.717, 1.165) is 30.2 Å². The summed E-state index contributed by atoms with van der Waals surface area (Å²) in [5, 5.41) is 6.01. The Morgan fingerprint density at radius 1 is 1.15 bits per heavy atom. The summed E-state index contributed by atoms with van der Waals surface area (Å²) in [6.45, 7) is 5.61. The van der Waals surface area contributed by atoms with Gasteiger partial charge < -0.3 is 20.3 Å². The first-order valence-electron chi connectivity index (χ1n) is 9.43. The third-order valence-electron chi connectivity index (χ3n) is 4.35. The average Bonchev–Trinajstić information content (AvgIpc) is 3.21. The number of amides is 1. The minimum absolute atomic E-state index is 0.0505. The predicted octanol–water partition coefficient (Wildman–Crippen LogP) is 2.13. The second kappa shape index (κ2) is 9.87. The van der Waals surface area contributed by atoms with Crippen LogP contribution in [0.3, 0.4) is 0 Å². The Balaban J connectivity index is 1.35. The van der Waals surface area contributed by atoms with Crippen molar-refractivity contribution in [1.29, 1.82) is 0 Å². The summed E-state index contributed by atoms with van der Waals surface area (Å²) in [5.41, 5.74) is 1.99. The lowest BCUT2D eigenvalue weighted by atomic mass is 10.2. The molecule has 2 aromatic rings. The number of aryl methyl sites for hydroxylation is 1. The highest BCUT2D eigenvalue weighted by atomic mass is 16.5. The Kier molecular flexibility index (Phi) is 6.98. The monoisotopic (exact) mass is 369 g/mol. The van der Waals surface area contributed by atoms with Gasteiger partial charge in [0.25, 0.3) is 0 Å². The minimum atomic E-state index is -0.129. The van der Waals surface area contributed by atoms with Crippen molar-refractivity contribution < 1.29 is 9.53 Å². The molecular weight excluding hydrogens is 342 g/mol. The number of hydrogen-bond donors (Lipinski definition) is 2. The van der Waals surface area contributed by atoms with Crippen LogP contribution in [0, 0.1) is 6.92 Å². The molecule has 144 valence electrons. The van der Waals surface area contributed by atoms with Gasteiger partial charge in [0, 0.05) is 37.9 Å². The largest absolute Gasteiger partial charge is 0.367 e. The number of anilines is 2. The number of nitrogens with zero attached hydrogens (tertiary/aromatic N) is 3. The molecule has 1 aliphatic rings. The summed E-state index contributed by atoms with van der Waals surface area (Å²) >= 11 is 0. The van der Waals surface area contributed by atoms with Crippen LogP contribution in [0.4, 0.5) is 11.8 Å². The van der Waals surface area contributed by atoms with Crippen molar-refractivity contribution in [2.45, 2.75) is 26.4 Å². The highest BCUT2D eigenvalue weighted by molar-refractivity contribution is 5.77. The van der Waals surface area contributed by atoms with Gasteiger partial charge in [-0.3, -0.25) is 4.79 Å². The zero-order chi connectivity index (χ0) is 18.9. The van der Waals surface area contributed by atoms with E-state index in [1.165, 1.54) is 12.8 Å². The van der Waals surface area contributed by atoms with Crippen molar-refractivity contribution in [2.24, 2.45) is 0 Å². The van der Waals surface area contributed by atoms with Gasteiger partial charge in [0.05, 0.1) is 6.61 Å². The van der Waals surface area contributed by atoms with E-state index >= 15 is 0 Å². The normalized spacial score (nSPS) is 13.6. The van der Waals surface area contributed by atoms with E-state index in [-0.39, 0.29) is 12.5 Å². The molecule has 2 heterocycles. The van der Waals surface area contributed by atoms with E-state index < -0.39 is 0 Å². The van der Waals surface area contributed by atoms with E-state index in [2.05, 4.69) is 25.5 Å². The van der Waals surface area contributed by atoms with Gasteiger partial charge in [-0.25, -0.2) is 4.98 Å². The molecule has 0 unspecified atom stereocenters. The Morgan fingerprint density at radius 2 is 1.93 bits per heavy atom. The molecule has 1 aromatic carbocycles. The van der Waals surface area contributed by atoms with Crippen molar-refractivity contribution in [3.63, 3.8) is 0 Å². The summed E-state index contributed by atoms with van der Waals surface area (Å²) < 4.78 is 5.42. The van der Waals surface area contributed by atoms with Crippen LogP contribution in [0.25, 0.3) is 0 Å². The first kappa shape index (κ1) is 19.1. The van der Waals surface area contributed by atoms with Gasteiger partial charge in [0.15, 0.2) is 0 Å². The number of aromatic nitrogens is 2. The molecule has 3 rings (SSSR count). The molecule has 7 nitrogen and oxygen atoms in total. The van der Waals surface area contributed by atoms with Crippen LogP contribution in [0.5, 0.6) is 0 Å². The zero-order valence-electron chi connectivity index (χ0n) is 15.8. The summed E-state index contributed by atoms with van der Waals surface area (Å²) in [4.78, 5) is 23.1. The predicted molar refractivity (Wildman–Crippen MR) is 106 cm³/mol. The van der Waals surface area contributed by atoms with E-state index in [1.54, 1.807) is 0 Å². The fourth-order valence-corrected chi connectivity index (χ4v) is 3.00. The van der Waals surface area contributed by atoms with Crippen molar-refractivity contribution in [3.8, 4) is 0 Å². The molecule has 0 bridgehead atoms. The minimum Gasteiger partial charge on any atom is -0.367 e. The van der Waals surface area contributed by atoms with Gasteiger partial charge in [-0.2, -0.15) is 4.98 Å². The molecule has 27 heavy (non-hydrogen) atoms. The van der Waals surface area contributed by atoms with Gasteiger partial charge in [0.1, 0.15) is 12.4 Å². The maximum atomic E-state index is 11.8. The molecule has 0 spiro atoms. The molecule has 0 atom stereocenters.